The van der Waals surface area contributed by atoms with Gasteiger partial charge in [-0.25, -0.2) is 0 Å². The maximum Gasteiger partial charge on any atom is 0.237 e. The summed E-state index contributed by atoms with van der Waals surface area (Å²) in [5.74, 6) is 0.914. The number of hydrogen-bond donors (Lipinski definition) is 1. The second-order valence-electron chi connectivity index (χ2n) is 7.47. The average molecular weight is 368 g/mol. The Morgan fingerprint density at radius 3 is 3.04 bits per heavy atom. The Kier molecular flexibility index (Phi) is 4.99. The minimum atomic E-state index is -0.266. The molecule has 0 bridgehead atoms. The van der Waals surface area contributed by atoms with Gasteiger partial charge in [0.2, 0.25) is 11.8 Å². The van der Waals surface area contributed by atoms with E-state index in [1.165, 1.54) is 0 Å². The van der Waals surface area contributed by atoms with Gasteiger partial charge in [0.15, 0.2) is 0 Å². The first-order valence-electron chi connectivity index (χ1n) is 9.64. The summed E-state index contributed by atoms with van der Waals surface area (Å²) in [4.78, 5) is 27.9. The number of nitrogens with one attached hydrogen (secondary N) is 1. The predicted octanol–water partition coefficient (Wildman–Crippen LogP) is 1.54. The molecule has 2 atom stereocenters. The number of ether oxygens (including phenoxy) is 1. The van der Waals surface area contributed by atoms with Gasteiger partial charge in [-0.15, -0.1) is 0 Å². The first-order valence-corrected chi connectivity index (χ1v) is 9.64. The highest BCUT2D eigenvalue weighted by Gasteiger charge is 2.32. The zero-order chi connectivity index (χ0) is 18.8. The fourth-order valence-electron chi connectivity index (χ4n) is 4.20. The first-order chi connectivity index (χ1) is 13.1. The van der Waals surface area contributed by atoms with Gasteiger partial charge >= 0.3 is 0 Å². The van der Waals surface area contributed by atoms with E-state index in [9.17, 15) is 9.59 Å². The highest BCUT2D eigenvalue weighted by Crippen LogP contribution is 2.32. The van der Waals surface area contributed by atoms with Crippen molar-refractivity contribution in [3.05, 3.63) is 23.8 Å². The number of fused-ring (bicyclic) bond motifs is 1. The SMILES string of the molecule is N#CC1CCCN1C(=O)CN1CCC(Oc2cccc3c2CCC(=O)N3)C1. The molecule has 3 heterocycles. The maximum absolute atomic E-state index is 12.5. The summed E-state index contributed by atoms with van der Waals surface area (Å²) in [5.41, 5.74) is 1.89. The van der Waals surface area contributed by atoms with Crippen LogP contribution in [0.15, 0.2) is 18.2 Å². The van der Waals surface area contributed by atoms with E-state index < -0.39 is 0 Å². The minimum Gasteiger partial charge on any atom is -0.489 e. The molecule has 2 unspecified atom stereocenters. The number of carbonyl (C=O) groups is 2. The van der Waals surface area contributed by atoms with Crippen molar-refractivity contribution in [1.82, 2.24) is 9.80 Å². The lowest BCUT2D eigenvalue weighted by atomic mass is 10.0. The van der Waals surface area contributed by atoms with Crippen molar-refractivity contribution in [2.24, 2.45) is 0 Å². The molecule has 4 rings (SSSR count). The quantitative estimate of drug-likeness (QED) is 0.871. The van der Waals surface area contributed by atoms with Gasteiger partial charge in [-0.2, -0.15) is 5.26 Å². The lowest BCUT2D eigenvalue weighted by Crippen LogP contribution is -2.42. The summed E-state index contributed by atoms with van der Waals surface area (Å²) >= 11 is 0. The van der Waals surface area contributed by atoms with Gasteiger partial charge in [-0.3, -0.25) is 14.5 Å². The van der Waals surface area contributed by atoms with Crippen LogP contribution in [0.25, 0.3) is 0 Å². The molecule has 3 aliphatic rings. The summed E-state index contributed by atoms with van der Waals surface area (Å²) in [5, 5.41) is 12.1. The summed E-state index contributed by atoms with van der Waals surface area (Å²) in [7, 11) is 0. The van der Waals surface area contributed by atoms with Crippen LogP contribution in [0.4, 0.5) is 5.69 Å². The smallest absolute Gasteiger partial charge is 0.237 e. The summed E-state index contributed by atoms with van der Waals surface area (Å²) in [6.07, 6.45) is 3.76. The summed E-state index contributed by atoms with van der Waals surface area (Å²) in [6, 6.07) is 7.71. The average Bonchev–Trinajstić information content (AvgIpc) is 3.30. The molecule has 7 heteroatoms. The highest BCUT2D eigenvalue weighted by atomic mass is 16.5. The number of anilines is 1. The normalized spacial score (nSPS) is 25.0. The molecule has 2 saturated heterocycles. The van der Waals surface area contributed by atoms with E-state index in [-0.39, 0.29) is 24.0 Å². The van der Waals surface area contributed by atoms with Gasteiger partial charge in [0.25, 0.3) is 0 Å². The number of benzene rings is 1. The van der Waals surface area contributed by atoms with Crippen LogP contribution in [-0.4, -0.2) is 59.9 Å². The van der Waals surface area contributed by atoms with E-state index in [1.54, 1.807) is 4.90 Å². The van der Waals surface area contributed by atoms with E-state index in [0.29, 0.717) is 32.5 Å². The topological polar surface area (TPSA) is 85.7 Å². The van der Waals surface area contributed by atoms with Crippen LogP contribution >= 0.6 is 0 Å². The third-order valence-corrected chi connectivity index (χ3v) is 5.61. The molecule has 0 spiro atoms. The van der Waals surface area contributed by atoms with Crippen molar-refractivity contribution >= 4 is 17.5 Å². The van der Waals surface area contributed by atoms with Crippen LogP contribution in [0.2, 0.25) is 0 Å². The van der Waals surface area contributed by atoms with Gasteiger partial charge in [-0.05, 0) is 37.8 Å². The Hall–Kier alpha value is -2.59. The molecule has 1 aromatic carbocycles. The molecule has 1 N–H and O–H groups in total. The summed E-state index contributed by atoms with van der Waals surface area (Å²) in [6.45, 7) is 2.55. The van der Waals surface area contributed by atoms with Crippen LogP contribution in [0, 0.1) is 11.3 Å². The summed E-state index contributed by atoms with van der Waals surface area (Å²) < 4.78 is 6.22. The largest absolute Gasteiger partial charge is 0.489 e. The Balaban J connectivity index is 1.34. The van der Waals surface area contributed by atoms with E-state index in [4.69, 9.17) is 10.00 Å². The standard InChI is InChI=1S/C20H24N4O3/c21-11-14-3-2-9-24(14)20(26)13-23-10-8-15(12-23)27-18-5-1-4-17-16(18)6-7-19(25)22-17/h1,4-5,14-15H,2-3,6-10,12-13H2,(H,22,25). The van der Waals surface area contributed by atoms with Crippen LogP contribution < -0.4 is 10.1 Å². The molecule has 1 aromatic rings. The lowest BCUT2D eigenvalue weighted by Gasteiger charge is -2.24. The molecule has 7 nitrogen and oxygen atoms in total. The monoisotopic (exact) mass is 368 g/mol. The molecular formula is C20H24N4O3. The Labute approximate surface area is 158 Å². The van der Waals surface area contributed by atoms with E-state index in [1.807, 2.05) is 18.2 Å². The van der Waals surface area contributed by atoms with Gasteiger partial charge in [0.05, 0.1) is 12.6 Å². The van der Waals surface area contributed by atoms with Crippen LogP contribution in [0.3, 0.4) is 0 Å². The van der Waals surface area contributed by atoms with Crippen molar-refractivity contribution in [2.75, 3.05) is 31.5 Å². The highest BCUT2D eigenvalue weighted by molar-refractivity contribution is 5.94. The van der Waals surface area contributed by atoms with Crippen molar-refractivity contribution in [3.63, 3.8) is 0 Å². The molecule has 2 amide bonds. The number of rotatable bonds is 4. The molecule has 3 aliphatic heterocycles. The first kappa shape index (κ1) is 17.8. The Morgan fingerprint density at radius 1 is 1.30 bits per heavy atom. The van der Waals surface area contributed by atoms with Gasteiger partial charge < -0.3 is 15.0 Å². The van der Waals surface area contributed by atoms with Crippen molar-refractivity contribution in [3.8, 4) is 11.8 Å². The Morgan fingerprint density at radius 2 is 2.19 bits per heavy atom. The molecule has 142 valence electrons. The zero-order valence-electron chi connectivity index (χ0n) is 15.3. The van der Waals surface area contributed by atoms with Gasteiger partial charge in [-0.1, -0.05) is 6.07 Å². The number of nitrogens with zero attached hydrogens (tertiary/aromatic N) is 3. The van der Waals surface area contributed by atoms with Gasteiger partial charge in [0, 0.05) is 37.3 Å². The number of nitriles is 1. The van der Waals surface area contributed by atoms with Crippen molar-refractivity contribution in [1.29, 1.82) is 5.26 Å². The number of likely N-dealkylation sites (tertiary alicyclic amines) is 2. The second-order valence-corrected chi connectivity index (χ2v) is 7.47. The molecule has 2 fully saturated rings. The van der Waals surface area contributed by atoms with Gasteiger partial charge in [0.1, 0.15) is 17.9 Å². The Bertz CT molecular complexity index is 788. The molecule has 27 heavy (non-hydrogen) atoms. The fraction of sp³-hybridized carbons (Fsp3) is 0.550. The van der Waals surface area contributed by atoms with Crippen molar-refractivity contribution < 1.29 is 14.3 Å². The third kappa shape index (κ3) is 3.76. The number of hydrogen-bond acceptors (Lipinski definition) is 5. The predicted molar refractivity (Wildman–Crippen MR) is 99.2 cm³/mol. The molecule has 0 aliphatic carbocycles. The van der Waals surface area contributed by atoms with Crippen LogP contribution in [-0.2, 0) is 16.0 Å². The molecule has 0 radical (unpaired) electrons. The number of carbonyl (C=O) groups excluding carboxylic acids is 2. The maximum atomic E-state index is 12.5. The molecule has 0 saturated carbocycles. The van der Waals surface area contributed by atoms with Crippen molar-refractivity contribution in [2.45, 2.75) is 44.2 Å². The van der Waals surface area contributed by atoms with E-state index in [0.717, 1.165) is 42.8 Å². The van der Waals surface area contributed by atoms with Crippen LogP contribution in [0.5, 0.6) is 5.75 Å². The van der Waals surface area contributed by atoms with E-state index >= 15 is 0 Å². The lowest BCUT2D eigenvalue weighted by molar-refractivity contribution is -0.132. The van der Waals surface area contributed by atoms with Crippen LogP contribution in [0.1, 0.15) is 31.2 Å². The molecular weight excluding hydrogens is 344 g/mol. The zero-order valence-corrected chi connectivity index (χ0v) is 15.3. The second kappa shape index (κ2) is 7.57. The molecule has 0 aromatic heterocycles. The fourth-order valence-corrected chi connectivity index (χ4v) is 4.20. The van der Waals surface area contributed by atoms with E-state index in [2.05, 4.69) is 16.3 Å². The minimum absolute atomic E-state index is 0.0345. The number of amides is 2. The third-order valence-electron chi connectivity index (χ3n) is 5.61.